The first-order valence-corrected chi connectivity index (χ1v) is 10.8. The summed E-state index contributed by atoms with van der Waals surface area (Å²) in [5.41, 5.74) is 2.32. The Morgan fingerprint density at radius 3 is 2.29 bits per heavy atom. The second-order valence-electron chi connectivity index (χ2n) is 7.67. The summed E-state index contributed by atoms with van der Waals surface area (Å²) in [5, 5.41) is 13.6. The average molecular weight is 480 g/mol. The van der Waals surface area contributed by atoms with Crippen LogP contribution in [0.15, 0.2) is 67.0 Å². The summed E-state index contributed by atoms with van der Waals surface area (Å²) in [7, 11) is 0. The number of hydrogen-bond acceptors (Lipinski definition) is 5. The van der Waals surface area contributed by atoms with Crippen LogP contribution in [0.25, 0.3) is 16.8 Å². The topological polar surface area (TPSA) is 80.3 Å². The van der Waals surface area contributed by atoms with Crippen LogP contribution in [0.2, 0.25) is 0 Å². The van der Waals surface area contributed by atoms with Crippen molar-refractivity contribution in [1.29, 1.82) is 5.26 Å². The maximum absolute atomic E-state index is 12.8. The number of benzene rings is 2. The lowest BCUT2D eigenvalue weighted by Gasteiger charge is -2.13. The van der Waals surface area contributed by atoms with Gasteiger partial charge in [-0.3, -0.25) is 4.79 Å². The van der Waals surface area contributed by atoms with Crippen LogP contribution in [0.3, 0.4) is 0 Å². The summed E-state index contributed by atoms with van der Waals surface area (Å²) in [6, 6.07) is 16.9. The summed E-state index contributed by atoms with van der Waals surface area (Å²) in [6.07, 6.45) is -1.68. The van der Waals surface area contributed by atoms with Crippen molar-refractivity contribution in [1.82, 2.24) is 14.6 Å². The van der Waals surface area contributed by atoms with E-state index in [0.717, 1.165) is 12.1 Å². The van der Waals surface area contributed by atoms with Gasteiger partial charge in [0.25, 0.3) is 0 Å². The van der Waals surface area contributed by atoms with Gasteiger partial charge in [-0.1, -0.05) is 48.0 Å². The molecule has 0 saturated heterocycles. The molecule has 0 N–H and O–H groups in total. The molecule has 0 aliphatic carbocycles. The van der Waals surface area contributed by atoms with Gasteiger partial charge in [0.2, 0.25) is 0 Å². The molecule has 35 heavy (non-hydrogen) atoms. The number of ether oxygens (including phenoxy) is 1. The third kappa shape index (κ3) is 5.84. The van der Waals surface area contributed by atoms with Crippen molar-refractivity contribution in [2.24, 2.45) is 0 Å². The minimum absolute atomic E-state index is 0.162. The van der Waals surface area contributed by atoms with E-state index >= 15 is 0 Å². The Kier molecular flexibility index (Phi) is 7.87. The minimum atomic E-state index is -4.43. The summed E-state index contributed by atoms with van der Waals surface area (Å²) in [5.74, 6) is -1.29. The molecule has 0 aliphatic heterocycles. The largest absolute Gasteiger partial charge is 0.465 e. The summed E-state index contributed by atoms with van der Waals surface area (Å²) < 4.78 is 44.7. The minimum Gasteiger partial charge on any atom is -0.465 e. The molecule has 9 heteroatoms. The van der Waals surface area contributed by atoms with Crippen molar-refractivity contribution in [2.75, 3.05) is 6.61 Å². The first kappa shape index (κ1) is 25.4. The van der Waals surface area contributed by atoms with E-state index in [2.05, 4.69) is 29.1 Å². The van der Waals surface area contributed by atoms with Crippen molar-refractivity contribution in [3.63, 3.8) is 0 Å². The van der Waals surface area contributed by atoms with Crippen LogP contribution in [0.5, 0.6) is 0 Å². The van der Waals surface area contributed by atoms with Gasteiger partial charge in [-0.15, -0.1) is 0 Å². The highest BCUT2D eigenvalue weighted by molar-refractivity contribution is 5.81. The lowest BCUT2D eigenvalue weighted by Crippen LogP contribution is -2.18. The molecular weight excluding hydrogens is 457 g/mol. The van der Waals surface area contributed by atoms with E-state index in [-0.39, 0.29) is 12.2 Å². The Hall–Kier alpha value is -4.19. The number of aryl methyl sites for hydroxylation is 1. The Labute approximate surface area is 200 Å². The number of nitriles is 1. The van der Waals surface area contributed by atoms with Crippen molar-refractivity contribution in [2.45, 2.75) is 32.9 Å². The number of nitrogens with zero attached hydrogens (tertiary/aromatic N) is 4. The molecule has 1 atom stereocenters. The van der Waals surface area contributed by atoms with Crippen LogP contribution in [-0.4, -0.2) is 27.2 Å². The molecule has 1 unspecified atom stereocenters. The van der Waals surface area contributed by atoms with Gasteiger partial charge in [0.15, 0.2) is 5.65 Å². The predicted octanol–water partition coefficient (Wildman–Crippen LogP) is 5.95. The number of hydrogen-bond donors (Lipinski definition) is 0. The molecule has 2 heterocycles. The molecule has 0 bridgehead atoms. The van der Waals surface area contributed by atoms with E-state index < -0.39 is 23.6 Å². The van der Waals surface area contributed by atoms with Gasteiger partial charge in [0.05, 0.1) is 35.5 Å². The Bertz CT molecular complexity index is 1340. The van der Waals surface area contributed by atoms with E-state index in [0.29, 0.717) is 22.5 Å². The molecule has 2 aromatic carbocycles. The highest BCUT2D eigenvalue weighted by Gasteiger charge is 2.30. The smallest absolute Gasteiger partial charge is 0.416 e. The number of aromatic nitrogens is 3. The molecule has 0 radical (unpaired) electrons. The highest BCUT2D eigenvalue weighted by Crippen LogP contribution is 2.32. The zero-order valence-corrected chi connectivity index (χ0v) is 19.4. The third-order valence-corrected chi connectivity index (χ3v) is 5.20. The van der Waals surface area contributed by atoms with Crippen LogP contribution in [-0.2, 0) is 15.7 Å². The van der Waals surface area contributed by atoms with E-state index in [4.69, 9.17) is 4.74 Å². The number of fused-ring (bicyclic) bond motifs is 1. The normalized spacial score (nSPS) is 11.8. The molecule has 4 aromatic rings. The number of carbonyl (C=O) groups excluding carboxylic acids is 1. The van der Waals surface area contributed by atoms with Crippen molar-refractivity contribution >= 4 is 11.6 Å². The molecule has 0 amide bonds. The molecule has 0 aliphatic rings. The average Bonchev–Trinajstić information content (AvgIpc) is 3.27. The number of alkyl halides is 3. The van der Waals surface area contributed by atoms with Gasteiger partial charge in [0, 0.05) is 11.8 Å². The molecule has 0 fully saturated rings. The summed E-state index contributed by atoms with van der Waals surface area (Å²) in [4.78, 5) is 16.4. The Balaban J connectivity index is 0.000000420. The maximum Gasteiger partial charge on any atom is 0.416 e. The first-order valence-electron chi connectivity index (χ1n) is 10.8. The van der Waals surface area contributed by atoms with Crippen molar-refractivity contribution < 1.29 is 22.7 Å². The van der Waals surface area contributed by atoms with Gasteiger partial charge >= 0.3 is 12.1 Å². The van der Waals surface area contributed by atoms with Gasteiger partial charge in [0.1, 0.15) is 6.07 Å². The SMILES string of the molecule is CCOC(=O)C(C)c1c(C#N)cnc2c(-c3ccc(C(F)(F)F)cc3)cnn12.Cc1ccccc1. The number of rotatable bonds is 4. The van der Waals surface area contributed by atoms with E-state index in [1.54, 1.807) is 13.8 Å². The summed E-state index contributed by atoms with van der Waals surface area (Å²) in [6.45, 7) is 5.54. The maximum atomic E-state index is 12.8. The van der Waals surface area contributed by atoms with Crippen LogP contribution in [0.4, 0.5) is 13.2 Å². The fraction of sp³-hybridized carbons (Fsp3) is 0.231. The number of esters is 1. The Morgan fingerprint density at radius 1 is 1.11 bits per heavy atom. The number of carbonyl (C=O) groups is 1. The van der Waals surface area contributed by atoms with Gasteiger partial charge in [-0.05, 0) is 38.5 Å². The van der Waals surface area contributed by atoms with Gasteiger partial charge < -0.3 is 4.74 Å². The Morgan fingerprint density at radius 2 is 1.77 bits per heavy atom. The second-order valence-corrected chi connectivity index (χ2v) is 7.67. The lowest BCUT2D eigenvalue weighted by molar-refractivity contribution is -0.144. The van der Waals surface area contributed by atoms with E-state index in [1.165, 1.54) is 34.6 Å². The monoisotopic (exact) mass is 480 g/mol. The fourth-order valence-electron chi connectivity index (χ4n) is 3.41. The van der Waals surface area contributed by atoms with Crippen LogP contribution >= 0.6 is 0 Å². The zero-order chi connectivity index (χ0) is 25.6. The first-order chi connectivity index (χ1) is 16.7. The molecular formula is C26H23F3N4O2. The molecule has 2 aromatic heterocycles. The van der Waals surface area contributed by atoms with Crippen LogP contribution in [0.1, 0.15) is 42.1 Å². The van der Waals surface area contributed by atoms with E-state index in [9.17, 15) is 23.2 Å². The van der Waals surface area contributed by atoms with Gasteiger partial charge in [-0.2, -0.15) is 23.5 Å². The summed E-state index contributed by atoms with van der Waals surface area (Å²) >= 11 is 0. The van der Waals surface area contributed by atoms with Crippen molar-refractivity contribution in [3.05, 3.63) is 89.4 Å². The van der Waals surface area contributed by atoms with Crippen LogP contribution < -0.4 is 0 Å². The molecule has 0 spiro atoms. The number of halogens is 3. The van der Waals surface area contributed by atoms with Gasteiger partial charge in [-0.25, -0.2) is 9.50 Å². The molecule has 0 saturated carbocycles. The van der Waals surface area contributed by atoms with Crippen LogP contribution in [0, 0.1) is 18.3 Å². The third-order valence-electron chi connectivity index (χ3n) is 5.20. The molecule has 4 rings (SSSR count). The lowest BCUT2D eigenvalue weighted by atomic mass is 10.0. The molecule has 180 valence electrons. The standard InChI is InChI=1S/C19H15F3N4O2.C7H8/c1-3-28-18(27)11(2)16-13(8-23)9-24-17-15(10-25-26(16)17)12-4-6-14(7-5-12)19(20,21)22;1-7-5-3-2-4-6-7/h4-7,9-11H,3H2,1-2H3;2-6H,1H3. The quantitative estimate of drug-likeness (QED) is 0.337. The fourth-order valence-corrected chi connectivity index (χ4v) is 3.41. The van der Waals surface area contributed by atoms with E-state index in [1.807, 2.05) is 24.3 Å². The highest BCUT2D eigenvalue weighted by atomic mass is 19.4. The zero-order valence-electron chi connectivity index (χ0n) is 19.4. The second kappa shape index (κ2) is 10.8. The van der Waals surface area contributed by atoms with Crippen molar-refractivity contribution in [3.8, 4) is 17.2 Å². The predicted molar refractivity (Wildman–Crippen MR) is 124 cm³/mol. The molecule has 6 nitrogen and oxygen atoms in total.